The van der Waals surface area contributed by atoms with Crippen molar-refractivity contribution in [3.8, 4) is 0 Å². The molecule has 2 nitrogen and oxygen atoms in total. The summed E-state index contributed by atoms with van der Waals surface area (Å²) < 4.78 is 6.13. The summed E-state index contributed by atoms with van der Waals surface area (Å²) in [5.41, 5.74) is 5.78. The van der Waals surface area contributed by atoms with Crippen molar-refractivity contribution in [2.24, 2.45) is 5.73 Å². The summed E-state index contributed by atoms with van der Waals surface area (Å²) in [6.45, 7) is 8.58. The van der Waals surface area contributed by atoms with E-state index < -0.39 is 0 Å². The maximum absolute atomic E-state index is 6.13. The van der Waals surface area contributed by atoms with E-state index in [9.17, 15) is 0 Å². The summed E-state index contributed by atoms with van der Waals surface area (Å²) in [5.74, 6) is 0. The second-order valence-corrected chi connectivity index (χ2v) is 11.5. The van der Waals surface area contributed by atoms with Crippen molar-refractivity contribution in [2.45, 2.75) is 181 Å². The highest BCUT2D eigenvalue weighted by Gasteiger charge is 2.10. The summed E-state index contributed by atoms with van der Waals surface area (Å²) in [6, 6.07) is 0. The van der Waals surface area contributed by atoms with Gasteiger partial charge >= 0.3 is 0 Å². The first-order valence-electron chi connectivity index (χ1n) is 15.9. The number of hydrogen-bond acceptors (Lipinski definition) is 2. The van der Waals surface area contributed by atoms with Gasteiger partial charge in [-0.2, -0.15) is 0 Å². The molecule has 212 valence electrons. The fourth-order valence-corrected chi connectivity index (χ4v) is 4.47. The van der Waals surface area contributed by atoms with E-state index in [4.69, 9.17) is 10.5 Å². The van der Waals surface area contributed by atoms with E-state index in [0.29, 0.717) is 6.10 Å². The summed E-state index contributed by atoms with van der Waals surface area (Å²) in [7, 11) is 0. The van der Waals surface area contributed by atoms with Gasteiger partial charge in [0.1, 0.15) is 0 Å². The van der Waals surface area contributed by atoms with Crippen LogP contribution in [0.1, 0.15) is 169 Å². The van der Waals surface area contributed by atoms with Gasteiger partial charge in [0.2, 0.25) is 0 Å². The molecular formula is C34H65NO. The Kier molecular flexibility index (Phi) is 26.3. The molecule has 0 saturated heterocycles. The molecule has 0 rings (SSSR count). The second-order valence-electron chi connectivity index (χ2n) is 11.5. The summed E-state index contributed by atoms with van der Waals surface area (Å²) >= 11 is 0. The molecule has 0 amide bonds. The van der Waals surface area contributed by atoms with Gasteiger partial charge in [0.25, 0.3) is 0 Å². The first kappa shape index (κ1) is 35.0. The SMILES string of the molecule is CCCCCC=CCC=CCCCCCCCCC(CCCCCCCCCC)OC=CC(C)(C)N. The monoisotopic (exact) mass is 504 g/mol. The Morgan fingerprint density at radius 1 is 0.583 bits per heavy atom. The Labute approximate surface area is 227 Å². The number of unbranched alkanes of at least 4 members (excludes halogenated alkanes) is 16. The molecule has 0 aromatic rings. The third-order valence-corrected chi connectivity index (χ3v) is 6.88. The third-order valence-electron chi connectivity index (χ3n) is 6.88. The molecule has 1 atom stereocenters. The minimum atomic E-state index is -0.302. The largest absolute Gasteiger partial charge is 0.498 e. The van der Waals surface area contributed by atoms with Crippen LogP contribution in [0, 0.1) is 0 Å². The molecule has 2 heteroatoms. The van der Waals surface area contributed by atoms with Crippen LogP contribution in [0.15, 0.2) is 36.6 Å². The fourth-order valence-electron chi connectivity index (χ4n) is 4.47. The van der Waals surface area contributed by atoms with Crippen LogP contribution in [0.3, 0.4) is 0 Å². The predicted octanol–water partition coefficient (Wildman–Crippen LogP) is 11.4. The van der Waals surface area contributed by atoms with Crippen molar-refractivity contribution in [2.75, 3.05) is 0 Å². The lowest BCUT2D eigenvalue weighted by molar-refractivity contribution is 0.119. The molecule has 0 spiro atoms. The van der Waals surface area contributed by atoms with Gasteiger partial charge in [-0.15, -0.1) is 0 Å². The van der Waals surface area contributed by atoms with Crippen LogP contribution < -0.4 is 5.73 Å². The summed E-state index contributed by atoms with van der Waals surface area (Å²) in [6.07, 6.45) is 42.6. The minimum Gasteiger partial charge on any atom is -0.498 e. The lowest BCUT2D eigenvalue weighted by Gasteiger charge is -2.18. The summed E-state index contributed by atoms with van der Waals surface area (Å²) in [5, 5.41) is 0. The first-order valence-corrected chi connectivity index (χ1v) is 15.9. The highest BCUT2D eigenvalue weighted by molar-refractivity contribution is 4.95. The molecule has 0 radical (unpaired) electrons. The van der Waals surface area contributed by atoms with Gasteiger partial charge in [-0.05, 0) is 77.7 Å². The third kappa shape index (κ3) is 29.2. The molecule has 0 fully saturated rings. The Hall–Kier alpha value is -1.02. The molecule has 1 unspecified atom stereocenters. The van der Waals surface area contributed by atoms with Crippen molar-refractivity contribution in [1.82, 2.24) is 0 Å². The van der Waals surface area contributed by atoms with E-state index in [1.165, 1.54) is 135 Å². The quantitative estimate of drug-likeness (QED) is 0.0687. The van der Waals surface area contributed by atoms with E-state index in [1.54, 1.807) is 0 Å². The lowest BCUT2D eigenvalue weighted by atomic mass is 10.0. The fraction of sp³-hybridized carbons (Fsp3) is 0.824. The molecule has 2 N–H and O–H groups in total. The van der Waals surface area contributed by atoms with E-state index in [0.717, 1.165) is 6.42 Å². The molecule has 0 heterocycles. The van der Waals surface area contributed by atoms with Crippen LogP contribution in [0.25, 0.3) is 0 Å². The topological polar surface area (TPSA) is 35.2 Å². The molecule has 0 saturated carbocycles. The lowest BCUT2D eigenvalue weighted by Crippen LogP contribution is -2.28. The highest BCUT2D eigenvalue weighted by Crippen LogP contribution is 2.18. The first-order chi connectivity index (χ1) is 17.5. The average Bonchev–Trinajstić information content (AvgIpc) is 2.84. The average molecular weight is 504 g/mol. The molecule has 0 bridgehead atoms. The number of nitrogens with two attached hydrogens (primary N) is 1. The highest BCUT2D eigenvalue weighted by atomic mass is 16.5. The van der Waals surface area contributed by atoms with Gasteiger partial charge in [0.15, 0.2) is 0 Å². The van der Waals surface area contributed by atoms with E-state index >= 15 is 0 Å². The maximum Gasteiger partial charge on any atom is 0.0978 e. The van der Waals surface area contributed by atoms with Gasteiger partial charge in [-0.1, -0.05) is 122 Å². The van der Waals surface area contributed by atoms with Crippen LogP contribution in [0.2, 0.25) is 0 Å². The van der Waals surface area contributed by atoms with Crippen LogP contribution in [0.5, 0.6) is 0 Å². The van der Waals surface area contributed by atoms with Crippen molar-refractivity contribution >= 4 is 0 Å². The van der Waals surface area contributed by atoms with Gasteiger partial charge in [0.05, 0.1) is 12.4 Å². The molecule has 0 aromatic carbocycles. The molecule has 0 aliphatic heterocycles. The summed E-state index contributed by atoms with van der Waals surface area (Å²) in [4.78, 5) is 0. The Morgan fingerprint density at radius 2 is 1.00 bits per heavy atom. The number of ether oxygens (including phenoxy) is 1. The van der Waals surface area contributed by atoms with Crippen molar-refractivity contribution in [3.63, 3.8) is 0 Å². The standard InChI is InChI=1S/C34H65NO/c1-5-7-9-11-13-15-16-17-18-19-20-21-22-24-26-28-30-33(36-32-31-34(3,4)35)29-27-25-23-14-12-10-8-6-2/h13,15,17-18,31-33H,5-12,14,16,19-30,35H2,1-4H3. The Bertz CT molecular complexity index is 514. The van der Waals surface area contributed by atoms with E-state index in [-0.39, 0.29) is 5.54 Å². The van der Waals surface area contributed by atoms with Gasteiger partial charge in [-0.25, -0.2) is 0 Å². The van der Waals surface area contributed by atoms with Crippen LogP contribution in [-0.4, -0.2) is 11.6 Å². The van der Waals surface area contributed by atoms with Crippen LogP contribution in [-0.2, 0) is 4.74 Å². The number of allylic oxidation sites excluding steroid dienone is 4. The van der Waals surface area contributed by atoms with Gasteiger partial charge in [0, 0.05) is 5.54 Å². The van der Waals surface area contributed by atoms with Gasteiger partial charge in [-0.3, -0.25) is 0 Å². The van der Waals surface area contributed by atoms with Crippen molar-refractivity contribution in [3.05, 3.63) is 36.6 Å². The van der Waals surface area contributed by atoms with Gasteiger partial charge < -0.3 is 10.5 Å². The smallest absolute Gasteiger partial charge is 0.0978 e. The zero-order chi connectivity index (χ0) is 26.6. The van der Waals surface area contributed by atoms with E-state index in [1.807, 2.05) is 26.2 Å². The zero-order valence-corrected chi connectivity index (χ0v) is 25.1. The Balaban J connectivity index is 3.85. The minimum absolute atomic E-state index is 0.302. The second kappa shape index (κ2) is 27.0. The van der Waals surface area contributed by atoms with Crippen LogP contribution in [0.4, 0.5) is 0 Å². The molecule has 0 aliphatic carbocycles. The normalized spacial score (nSPS) is 13.5. The van der Waals surface area contributed by atoms with E-state index in [2.05, 4.69) is 38.2 Å². The van der Waals surface area contributed by atoms with Crippen molar-refractivity contribution in [1.29, 1.82) is 0 Å². The number of rotatable bonds is 27. The maximum atomic E-state index is 6.13. The molecular weight excluding hydrogens is 438 g/mol. The zero-order valence-electron chi connectivity index (χ0n) is 25.1. The van der Waals surface area contributed by atoms with Crippen LogP contribution >= 0.6 is 0 Å². The Morgan fingerprint density at radius 3 is 1.50 bits per heavy atom. The molecule has 36 heavy (non-hydrogen) atoms. The predicted molar refractivity (Wildman–Crippen MR) is 163 cm³/mol. The molecule has 0 aromatic heterocycles. The van der Waals surface area contributed by atoms with Crippen molar-refractivity contribution < 1.29 is 4.74 Å². The molecule has 0 aliphatic rings. The number of hydrogen-bond donors (Lipinski definition) is 1.